The maximum Gasteiger partial charge on any atom is 0.325 e. The topological polar surface area (TPSA) is 69.7 Å². The van der Waals surface area contributed by atoms with E-state index in [-0.39, 0.29) is 30.2 Å². The van der Waals surface area contributed by atoms with Gasteiger partial charge in [0.15, 0.2) is 0 Å². The fraction of sp³-hybridized carbons (Fsp3) is 0.722. The predicted octanol–water partition coefficient (Wildman–Crippen LogP) is 2.21. The van der Waals surface area contributed by atoms with Crippen molar-refractivity contribution in [3.05, 3.63) is 11.9 Å². The number of nitrogens with one attached hydrogen (secondary N) is 1. The predicted molar refractivity (Wildman–Crippen MR) is 90.2 cm³/mol. The number of hydrogen-bond donors (Lipinski definition) is 1. The van der Waals surface area contributed by atoms with E-state index in [0.29, 0.717) is 31.7 Å². The van der Waals surface area contributed by atoms with Crippen molar-refractivity contribution < 1.29 is 18.8 Å². The first kappa shape index (κ1) is 17.9. The fourth-order valence-electron chi connectivity index (χ4n) is 4.80. The summed E-state index contributed by atoms with van der Waals surface area (Å²) in [6.07, 6.45) is 4.06. The van der Waals surface area contributed by atoms with Crippen LogP contribution in [0.5, 0.6) is 0 Å². The van der Waals surface area contributed by atoms with Gasteiger partial charge in [0.2, 0.25) is 5.91 Å². The molecule has 25 heavy (non-hydrogen) atoms. The first-order valence-electron chi connectivity index (χ1n) is 8.88. The molecule has 138 valence electrons. The van der Waals surface area contributed by atoms with Gasteiger partial charge in [0.1, 0.15) is 17.9 Å². The Morgan fingerprint density at radius 2 is 2.08 bits per heavy atom. The van der Waals surface area contributed by atoms with Crippen molar-refractivity contribution in [2.24, 2.45) is 11.3 Å². The average molecular weight is 351 g/mol. The molecule has 0 aromatic heterocycles. The van der Waals surface area contributed by atoms with Crippen molar-refractivity contribution in [3.8, 4) is 0 Å². The molecule has 2 heterocycles. The minimum absolute atomic E-state index is 0.0541. The van der Waals surface area contributed by atoms with Gasteiger partial charge >= 0.3 is 6.03 Å². The van der Waals surface area contributed by atoms with Gasteiger partial charge in [0.05, 0.1) is 6.54 Å². The summed E-state index contributed by atoms with van der Waals surface area (Å²) in [6, 6.07) is -0.517. The van der Waals surface area contributed by atoms with Crippen molar-refractivity contribution in [3.63, 3.8) is 0 Å². The van der Waals surface area contributed by atoms with Crippen LogP contribution in [0.25, 0.3) is 0 Å². The monoisotopic (exact) mass is 351 g/mol. The Morgan fingerprint density at radius 3 is 2.72 bits per heavy atom. The van der Waals surface area contributed by atoms with E-state index in [9.17, 15) is 18.8 Å². The molecule has 0 bridgehead atoms. The highest BCUT2D eigenvalue weighted by Gasteiger charge is 2.56. The molecule has 2 atom stereocenters. The third kappa shape index (κ3) is 3.41. The number of imide groups is 1. The summed E-state index contributed by atoms with van der Waals surface area (Å²) in [4.78, 5) is 40.2. The summed E-state index contributed by atoms with van der Waals surface area (Å²) in [6.45, 7) is 6.27. The first-order valence-corrected chi connectivity index (χ1v) is 8.88. The van der Waals surface area contributed by atoms with Crippen molar-refractivity contribution in [1.82, 2.24) is 15.1 Å². The molecule has 1 N–H and O–H groups in total. The lowest BCUT2D eigenvalue weighted by Crippen LogP contribution is -2.54. The van der Waals surface area contributed by atoms with Crippen LogP contribution >= 0.6 is 0 Å². The van der Waals surface area contributed by atoms with Gasteiger partial charge in [-0.05, 0) is 43.1 Å². The van der Waals surface area contributed by atoms with Crippen molar-refractivity contribution in [2.45, 2.75) is 52.0 Å². The van der Waals surface area contributed by atoms with Crippen LogP contribution in [0.4, 0.5) is 9.18 Å². The number of carbonyl (C=O) groups is 3. The van der Waals surface area contributed by atoms with E-state index in [4.69, 9.17) is 0 Å². The quantitative estimate of drug-likeness (QED) is 0.776. The summed E-state index contributed by atoms with van der Waals surface area (Å²) >= 11 is 0. The highest BCUT2D eigenvalue weighted by Crippen LogP contribution is 2.46. The fourth-order valence-corrected chi connectivity index (χ4v) is 4.80. The molecule has 1 spiro atoms. The van der Waals surface area contributed by atoms with Crippen molar-refractivity contribution in [2.75, 3.05) is 19.6 Å². The molecule has 1 saturated carbocycles. The van der Waals surface area contributed by atoms with Crippen LogP contribution in [0.3, 0.4) is 0 Å². The van der Waals surface area contributed by atoms with Gasteiger partial charge in [-0.3, -0.25) is 14.5 Å². The molecule has 2 fully saturated rings. The number of carbonyl (C=O) groups excluding carboxylic acids is 3. The molecule has 0 aromatic carbocycles. The van der Waals surface area contributed by atoms with Crippen LogP contribution in [0.1, 0.15) is 46.5 Å². The Balaban J connectivity index is 1.73. The van der Waals surface area contributed by atoms with Crippen LogP contribution < -0.4 is 5.32 Å². The second kappa shape index (κ2) is 6.11. The third-order valence-electron chi connectivity index (χ3n) is 5.38. The molecule has 3 rings (SSSR count). The van der Waals surface area contributed by atoms with E-state index in [2.05, 4.69) is 26.1 Å². The van der Waals surface area contributed by atoms with Crippen LogP contribution in [0, 0.1) is 11.3 Å². The molecule has 4 amide bonds. The summed E-state index contributed by atoms with van der Waals surface area (Å²) in [5.41, 5.74) is -0.965. The van der Waals surface area contributed by atoms with Gasteiger partial charge in [-0.25, -0.2) is 9.18 Å². The number of urea groups is 1. The summed E-state index contributed by atoms with van der Waals surface area (Å²) < 4.78 is 13.4. The minimum Gasteiger partial charge on any atom is -0.334 e. The minimum atomic E-state index is -0.911. The van der Waals surface area contributed by atoms with Gasteiger partial charge < -0.3 is 10.2 Å². The maximum atomic E-state index is 13.4. The SMILES string of the molecule is C[C@@H]1CC(C)(C)C[C@@]2(C1)NC(=O)N(CC(=O)N1CCC=C(F)C1)C2=O. The zero-order chi connectivity index (χ0) is 18.4. The molecule has 6 nitrogen and oxygen atoms in total. The number of halogens is 1. The van der Waals surface area contributed by atoms with Crippen LogP contribution in [-0.2, 0) is 9.59 Å². The van der Waals surface area contributed by atoms with E-state index >= 15 is 0 Å². The normalized spacial score (nSPS) is 32.0. The number of nitrogens with zero attached hydrogens (tertiary/aromatic N) is 2. The Morgan fingerprint density at radius 1 is 1.36 bits per heavy atom. The number of rotatable bonds is 2. The summed E-state index contributed by atoms with van der Waals surface area (Å²) in [7, 11) is 0. The van der Waals surface area contributed by atoms with Crippen LogP contribution in [0.15, 0.2) is 11.9 Å². The Labute approximate surface area is 147 Å². The Kier molecular flexibility index (Phi) is 4.37. The van der Waals surface area contributed by atoms with Gasteiger partial charge in [0.25, 0.3) is 5.91 Å². The molecule has 0 radical (unpaired) electrons. The summed E-state index contributed by atoms with van der Waals surface area (Å²) in [5.74, 6) is -0.758. The van der Waals surface area contributed by atoms with Crippen LogP contribution in [-0.4, -0.2) is 52.8 Å². The maximum absolute atomic E-state index is 13.4. The highest BCUT2D eigenvalue weighted by molar-refractivity contribution is 6.09. The molecule has 7 heteroatoms. The molecule has 2 aliphatic heterocycles. The van der Waals surface area contributed by atoms with E-state index < -0.39 is 17.5 Å². The van der Waals surface area contributed by atoms with Gasteiger partial charge in [-0.1, -0.05) is 20.8 Å². The average Bonchev–Trinajstić information content (AvgIpc) is 2.68. The molecule has 3 aliphatic rings. The van der Waals surface area contributed by atoms with E-state index in [1.54, 1.807) is 0 Å². The second-order valence-electron chi connectivity index (χ2n) is 8.51. The lowest BCUT2D eigenvalue weighted by atomic mass is 9.64. The lowest BCUT2D eigenvalue weighted by molar-refractivity contribution is -0.140. The largest absolute Gasteiger partial charge is 0.334 e. The number of amides is 4. The molecule has 0 unspecified atom stereocenters. The lowest BCUT2D eigenvalue weighted by Gasteiger charge is -2.43. The smallest absolute Gasteiger partial charge is 0.325 e. The van der Waals surface area contributed by atoms with Gasteiger partial charge in [0, 0.05) is 6.54 Å². The van der Waals surface area contributed by atoms with E-state index in [1.165, 1.54) is 11.0 Å². The molecule has 1 aliphatic carbocycles. The standard InChI is InChI=1S/C18H26FN3O3/c1-12-7-17(2,3)11-18(8-12)15(24)22(16(25)20-18)10-14(23)21-6-4-5-13(19)9-21/h5,12H,4,6-11H2,1-3H3,(H,20,25)/t12-,18-/m1/s1. The van der Waals surface area contributed by atoms with E-state index in [1.807, 2.05) is 0 Å². The van der Waals surface area contributed by atoms with Gasteiger partial charge in [-0.2, -0.15) is 0 Å². The Hall–Kier alpha value is -1.92. The van der Waals surface area contributed by atoms with E-state index in [0.717, 1.165) is 11.3 Å². The molecular formula is C18H26FN3O3. The molecular weight excluding hydrogens is 325 g/mol. The number of hydrogen-bond acceptors (Lipinski definition) is 3. The first-order chi connectivity index (χ1) is 11.6. The molecule has 0 aromatic rings. The zero-order valence-corrected chi connectivity index (χ0v) is 15.1. The van der Waals surface area contributed by atoms with Crippen molar-refractivity contribution >= 4 is 17.8 Å². The van der Waals surface area contributed by atoms with Crippen molar-refractivity contribution in [1.29, 1.82) is 0 Å². The Bertz CT molecular complexity index is 645. The summed E-state index contributed by atoms with van der Waals surface area (Å²) in [5, 5.41) is 2.85. The van der Waals surface area contributed by atoms with Crippen LogP contribution in [0.2, 0.25) is 0 Å². The highest BCUT2D eigenvalue weighted by atomic mass is 19.1. The molecule has 1 saturated heterocycles. The second-order valence-corrected chi connectivity index (χ2v) is 8.51. The zero-order valence-electron chi connectivity index (χ0n) is 15.1. The van der Waals surface area contributed by atoms with Gasteiger partial charge in [-0.15, -0.1) is 0 Å². The third-order valence-corrected chi connectivity index (χ3v) is 5.38.